The van der Waals surface area contributed by atoms with Gasteiger partial charge in [0.05, 0.1) is 0 Å². The number of likely N-dealkylation sites (tertiary alicyclic amines) is 1. The molecule has 1 saturated heterocycles. The maximum Gasteiger partial charge on any atom is 0.410 e. The first-order valence-corrected chi connectivity index (χ1v) is 6.01. The first-order valence-electron chi connectivity index (χ1n) is 6.01. The van der Waals surface area contributed by atoms with Crippen LogP contribution < -0.4 is 0 Å². The fourth-order valence-electron chi connectivity index (χ4n) is 1.86. The summed E-state index contributed by atoms with van der Waals surface area (Å²) in [5.41, 5.74) is -0.431. The standard InChI is InChI=1S/C12H23NO3/c1-12(2,3)16-11(15)13-7-4-5-10(9-14)6-8-13/h10,14H,4-9H2,1-3H3/t10-/m1/s1. The highest BCUT2D eigenvalue weighted by molar-refractivity contribution is 5.68. The van der Waals surface area contributed by atoms with E-state index in [1.165, 1.54) is 0 Å². The fourth-order valence-corrected chi connectivity index (χ4v) is 1.86. The molecule has 1 amide bonds. The number of ether oxygens (including phenoxy) is 1. The van der Waals surface area contributed by atoms with Crippen LogP contribution >= 0.6 is 0 Å². The molecule has 0 aromatic carbocycles. The summed E-state index contributed by atoms with van der Waals surface area (Å²) in [6, 6.07) is 0. The minimum absolute atomic E-state index is 0.224. The van der Waals surface area contributed by atoms with Crippen LogP contribution in [0.2, 0.25) is 0 Å². The number of nitrogens with zero attached hydrogens (tertiary/aromatic N) is 1. The minimum atomic E-state index is -0.431. The highest BCUT2D eigenvalue weighted by atomic mass is 16.6. The molecule has 16 heavy (non-hydrogen) atoms. The van der Waals surface area contributed by atoms with Gasteiger partial charge in [0.1, 0.15) is 5.60 Å². The van der Waals surface area contributed by atoms with Gasteiger partial charge in [0.15, 0.2) is 0 Å². The van der Waals surface area contributed by atoms with Crippen molar-refractivity contribution in [2.45, 2.75) is 45.6 Å². The number of aliphatic hydroxyl groups excluding tert-OH is 1. The van der Waals surface area contributed by atoms with Crippen LogP contribution in [0.25, 0.3) is 0 Å². The average Bonchev–Trinajstić information content (AvgIpc) is 2.39. The fraction of sp³-hybridized carbons (Fsp3) is 0.917. The van der Waals surface area contributed by atoms with Crippen molar-refractivity contribution in [1.29, 1.82) is 0 Å². The molecule has 0 aromatic rings. The van der Waals surface area contributed by atoms with E-state index in [9.17, 15) is 4.79 Å². The lowest BCUT2D eigenvalue weighted by Crippen LogP contribution is -2.37. The van der Waals surface area contributed by atoms with Crippen LogP contribution in [0.3, 0.4) is 0 Å². The summed E-state index contributed by atoms with van der Waals surface area (Å²) in [6.45, 7) is 7.28. The molecule has 1 aliphatic rings. The molecule has 0 aliphatic carbocycles. The minimum Gasteiger partial charge on any atom is -0.444 e. The Labute approximate surface area is 97.6 Å². The van der Waals surface area contributed by atoms with Crippen molar-refractivity contribution in [2.24, 2.45) is 5.92 Å². The van der Waals surface area contributed by atoms with Gasteiger partial charge in [0, 0.05) is 19.7 Å². The predicted molar refractivity (Wildman–Crippen MR) is 62.2 cm³/mol. The summed E-state index contributed by atoms with van der Waals surface area (Å²) in [5.74, 6) is 0.340. The molecule has 0 unspecified atom stereocenters. The number of hydrogen-bond acceptors (Lipinski definition) is 3. The largest absolute Gasteiger partial charge is 0.444 e. The number of carbonyl (C=O) groups excluding carboxylic acids is 1. The molecule has 0 saturated carbocycles. The van der Waals surface area contributed by atoms with Crippen LogP contribution in [-0.4, -0.2) is 41.4 Å². The first-order chi connectivity index (χ1) is 7.42. The van der Waals surface area contributed by atoms with Crippen LogP contribution in [0, 0.1) is 5.92 Å². The lowest BCUT2D eigenvalue weighted by atomic mass is 10.0. The van der Waals surface area contributed by atoms with Crippen molar-refractivity contribution in [3.8, 4) is 0 Å². The maximum absolute atomic E-state index is 11.8. The van der Waals surface area contributed by atoms with Gasteiger partial charge in [-0.1, -0.05) is 0 Å². The maximum atomic E-state index is 11.8. The van der Waals surface area contributed by atoms with E-state index in [4.69, 9.17) is 9.84 Å². The Morgan fingerprint density at radius 2 is 2.06 bits per heavy atom. The Balaban J connectivity index is 2.45. The van der Waals surface area contributed by atoms with Crippen molar-refractivity contribution in [2.75, 3.05) is 19.7 Å². The molecule has 1 rings (SSSR count). The molecule has 0 bridgehead atoms. The van der Waals surface area contributed by atoms with E-state index in [1.807, 2.05) is 20.8 Å². The third kappa shape index (κ3) is 4.39. The van der Waals surface area contributed by atoms with E-state index < -0.39 is 5.60 Å². The zero-order chi connectivity index (χ0) is 12.2. The SMILES string of the molecule is CC(C)(C)OC(=O)N1CCC[C@@H](CO)CC1. The van der Waals surface area contributed by atoms with E-state index in [0.717, 1.165) is 25.8 Å². The Kier molecular flexibility index (Phi) is 4.59. The Morgan fingerprint density at radius 1 is 1.38 bits per heavy atom. The number of rotatable bonds is 1. The van der Waals surface area contributed by atoms with Crippen LogP contribution in [0.4, 0.5) is 4.79 Å². The van der Waals surface area contributed by atoms with Gasteiger partial charge in [-0.3, -0.25) is 0 Å². The lowest BCUT2D eigenvalue weighted by Gasteiger charge is -2.26. The second kappa shape index (κ2) is 5.53. The second-order valence-corrected chi connectivity index (χ2v) is 5.45. The van der Waals surface area contributed by atoms with Crippen molar-refractivity contribution < 1.29 is 14.6 Å². The van der Waals surface area contributed by atoms with Crippen LogP contribution in [0.1, 0.15) is 40.0 Å². The predicted octanol–water partition coefficient (Wildman–Crippen LogP) is 2.02. The van der Waals surface area contributed by atoms with E-state index >= 15 is 0 Å². The van der Waals surface area contributed by atoms with Crippen LogP contribution in [-0.2, 0) is 4.74 Å². The lowest BCUT2D eigenvalue weighted by molar-refractivity contribution is 0.0253. The Morgan fingerprint density at radius 3 is 2.62 bits per heavy atom. The molecule has 94 valence electrons. The number of amides is 1. The zero-order valence-corrected chi connectivity index (χ0v) is 10.5. The summed E-state index contributed by atoms with van der Waals surface area (Å²) >= 11 is 0. The number of aliphatic hydroxyl groups is 1. The second-order valence-electron chi connectivity index (χ2n) is 5.45. The van der Waals surface area contributed by atoms with Crippen LogP contribution in [0.5, 0.6) is 0 Å². The quantitative estimate of drug-likeness (QED) is 0.748. The molecular weight excluding hydrogens is 206 g/mol. The van der Waals surface area contributed by atoms with Gasteiger partial charge in [0.2, 0.25) is 0 Å². The molecule has 0 radical (unpaired) electrons. The molecule has 0 spiro atoms. The Hall–Kier alpha value is -0.770. The summed E-state index contributed by atoms with van der Waals surface area (Å²) in [7, 11) is 0. The summed E-state index contributed by atoms with van der Waals surface area (Å²) in [5, 5.41) is 9.09. The van der Waals surface area contributed by atoms with Gasteiger partial charge in [-0.05, 0) is 46.0 Å². The molecule has 4 heteroatoms. The first kappa shape index (κ1) is 13.3. The molecule has 1 atom stereocenters. The third-order valence-electron chi connectivity index (χ3n) is 2.76. The molecule has 1 heterocycles. The smallest absolute Gasteiger partial charge is 0.410 e. The zero-order valence-electron chi connectivity index (χ0n) is 10.5. The van der Waals surface area contributed by atoms with Crippen molar-refractivity contribution >= 4 is 6.09 Å². The molecular formula is C12H23NO3. The summed E-state index contributed by atoms with van der Waals surface area (Å²) in [4.78, 5) is 13.6. The highest BCUT2D eigenvalue weighted by Gasteiger charge is 2.24. The number of hydrogen-bond donors (Lipinski definition) is 1. The van der Waals surface area contributed by atoms with E-state index in [0.29, 0.717) is 12.5 Å². The van der Waals surface area contributed by atoms with Crippen molar-refractivity contribution in [3.63, 3.8) is 0 Å². The third-order valence-corrected chi connectivity index (χ3v) is 2.76. The topological polar surface area (TPSA) is 49.8 Å². The Bertz CT molecular complexity index is 235. The normalized spacial score (nSPS) is 22.8. The van der Waals surface area contributed by atoms with Crippen LogP contribution in [0.15, 0.2) is 0 Å². The molecule has 4 nitrogen and oxygen atoms in total. The molecule has 1 fully saturated rings. The van der Waals surface area contributed by atoms with E-state index in [2.05, 4.69) is 0 Å². The van der Waals surface area contributed by atoms with Gasteiger partial charge in [-0.2, -0.15) is 0 Å². The average molecular weight is 229 g/mol. The van der Waals surface area contributed by atoms with Crippen molar-refractivity contribution in [3.05, 3.63) is 0 Å². The molecule has 1 N–H and O–H groups in total. The molecule has 0 aromatic heterocycles. The number of carbonyl (C=O) groups is 1. The monoisotopic (exact) mass is 229 g/mol. The summed E-state index contributed by atoms with van der Waals surface area (Å²) in [6.07, 6.45) is 2.59. The van der Waals surface area contributed by atoms with E-state index in [1.54, 1.807) is 4.90 Å². The van der Waals surface area contributed by atoms with E-state index in [-0.39, 0.29) is 12.7 Å². The van der Waals surface area contributed by atoms with Gasteiger partial charge < -0.3 is 14.7 Å². The van der Waals surface area contributed by atoms with Crippen molar-refractivity contribution in [1.82, 2.24) is 4.90 Å². The summed E-state index contributed by atoms with van der Waals surface area (Å²) < 4.78 is 5.33. The van der Waals surface area contributed by atoms with Gasteiger partial charge in [0.25, 0.3) is 0 Å². The highest BCUT2D eigenvalue weighted by Crippen LogP contribution is 2.18. The van der Waals surface area contributed by atoms with Gasteiger partial charge in [-0.25, -0.2) is 4.79 Å². The molecule has 1 aliphatic heterocycles. The van der Waals surface area contributed by atoms with Gasteiger partial charge in [-0.15, -0.1) is 0 Å². The van der Waals surface area contributed by atoms with Gasteiger partial charge >= 0.3 is 6.09 Å².